The summed E-state index contributed by atoms with van der Waals surface area (Å²) < 4.78 is 42.0. The highest BCUT2D eigenvalue weighted by Gasteiger charge is 2.29. The van der Waals surface area contributed by atoms with Crippen LogP contribution in [0.25, 0.3) is 0 Å². The zero-order valence-corrected chi connectivity index (χ0v) is 15.3. The number of anilines is 1. The lowest BCUT2D eigenvalue weighted by Crippen LogP contribution is -2.31. The highest BCUT2D eigenvalue weighted by molar-refractivity contribution is 7.91. The molecule has 0 aromatic heterocycles. The molecule has 1 amide bonds. The van der Waals surface area contributed by atoms with Gasteiger partial charge in [0.2, 0.25) is 5.91 Å². The molecule has 0 radical (unpaired) electrons. The van der Waals surface area contributed by atoms with Gasteiger partial charge in [0.05, 0.1) is 17.2 Å². The average molecular weight is 398 g/mol. The van der Waals surface area contributed by atoms with Crippen LogP contribution in [0.2, 0.25) is 5.02 Å². The standard InChI is InChI=1S/C18H17ClFNO4S/c19-13-4-5-17(25-15-3-1-2-14(20)11-15)16(10-13)21-18(22)12-6-8-26(23,24)9-7-12/h1-5,10-12H,6-9H2,(H,21,22). The molecular weight excluding hydrogens is 381 g/mol. The first-order valence-corrected chi connectivity index (χ1v) is 10.3. The van der Waals surface area contributed by atoms with Crippen molar-refractivity contribution < 1.29 is 22.3 Å². The largest absolute Gasteiger partial charge is 0.455 e. The van der Waals surface area contributed by atoms with Crippen LogP contribution in [0.15, 0.2) is 42.5 Å². The molecule has 1 fully saturated rings. The highest BCUT2D eigenvalue weighted by atomic mass is 35.5. The van der Waals surface area contributed by atoms with Gasteiger partial charge in [-0.25, -0.2) is 12.8 Å². The molecule has 0 saturated carbocycles. The van der Waals surface area contributed by atoms with E-state index in [1.54, 1.807) is 18.2 Å². The van der Waals surface area contributed by atoms with Crippen LogP contribution in [0.3, 0.4) is 0 Å². The fraction of sp³-hybridized carbons (Fsp3) is 0.278. The molecule has 2 aromatic rings. The van der Waals surface area contributed by atoms with Crippen molar-refractivity contribution in [1.82, 2.24) is 0 Å². The number of amides is 1. The minimum atomic E-state index is -3.04. The zero-order valence-electron chi connectivity index (χ0n) is 13.7. The minimum absolute atomic E-state index is 0.00722. The summed E-state index contributed by atoms with van der Waals surface area (Å²) in [7, 11) is -3.04. The van der Waals surface area contributed by atoms with Crippen LogP contribution in [0, 0.1) is 11.7 Å². The summed E-state index contributed by atoms with van der Waals surface area (Å²) in [5.41, 5.74) is 0.347. The van der Waals surface area contributed by atoms with E-state index in [1.165, 1.54) is 24.3 Å². The van der Waals surface area contributed by atoms with Gasteiger partial charge in [0.15, 0.2) is 5.75 Å². The lowest BCUT2D eigenvalue weighted by atomic mass is 10.0. The maximum absolute atomic E-state index is 13.3. The summed E-state index contributed by atoms with van der Waals surface area (Å²) in [6.07, 6.45) is 0.573. The van der Waals surface area contributed by atoms with Crippen molar-refractivity contribution in [2.45, 2.75) is 12.8 Å². The number of rotatable bonds is 4. The van der Waals surface area contributed by atoms with Gasteiger partial charge < -0.3 is 10.1 Å². The molecule has 1 saturated heterocycles. The van der Waals surface area contributed by atoms with Gasteiger partial charge >= 0.3 is 0 Å². The van der Waals surface area contributed by atoms with E-state index in [9.17, 15) is 17.6 Å². The van der Waals surface area contributed by atoms with E-state index in [1.807, 2.05) is 0 Å². The number of carbonyl (C=O) groups is 1. The van der Waals surface area contributed by atoms with Crippen molar-refractivity contribution in [2.75, 3.05) is 16.8 Å². The first-order valence-electron chi connectivity index (χ1n) is 8.07. The Morgan fingerprint density at radius 1 is 1.15 bits per heavy atom. The van der Waals surface area contributed by atoms with E-state index < -0.39 is 15.7 Å². The number of hydrogen-bond donors (Lipinski definition) is 1. The third-order valence-corrected chi connectivity index (χ3v) is 6.10. The molecule has 1 aliphatic heterocycles. The Morgan fingerprint density at radius 3 is 2.58 bits per heavy atom. The van der Waals surface area contributed by atoms with Crippen LogP contribution in [0.5, 0.6) is 11.5 Å². The van der Waals surface area contributed by atoms with E-state index in [2.05, 4.69) is 5.32 Å². The van der Waals surface area contributed by atoms with Crippen LogP contribution in [0.4, 0.5) is 10.1 Å². The molecule has 0 unspecified atom stereocenters. The number of hydrogen-bond acceptors (Lipinski definition) is 4. The van der Waals surface area contributed by atoms with Crippen LogP contribution < -0.4 is 10.1 Å². The Morgan fingerprint density at radius 2 is 1.88 bits per heavy atom. The van der Waals surface area contributed by atoms with Gasteiger partial charge in [0, 0.05) is 17.0 Å². The van der Waals surface area contributed by atoms with E-state index in [0.29, 0.717) is 16.5 Å². The molecule has 1 heterocycles. The fourth-order valence-electron chi connectivity index (χ4n) is 2.73. The lowest BCUT2D eigenvalue weighted by Gasteiger charge is -2.22. The van der Waals surface area contributed by atoms with Crippen molar-refractivity contribution in [3.8, 4) is 11.5 Å². The van der Waals surface area contributed by atoms with Gasteiger partial charge in [-0.1, -0.05) is 17.7 Å². The van der Waals surface area contributed by atoms with Crippen molar-refractivity contribution >= 4 is 33.0 Å². The van der Waals surface area contributed by atoms with Gasteiger partial charge in [-0.05, 0) is 43.2 Å². The normalized spacial score (nSPS) is 16.8. The smallest absolute Gasteiger partial charge is 0.227 e. The molecule has 1 N–H and O–H groups in total. The van der Waals surface area contributed by atoms with Gasteiger partial charge in [0.1, 0.15) is 21.4 Å². The van der Waals surface area contributed by atoms with Crippen LogP contribution in [-0.2, 0) is 14.6 Å². The Bertz CT molecular complexity index is 919. The van der Waals surface area contributed by atoms with E-state index >= 15 is 0 Å². The quantitative estimate of drug-likeness (QED) is 0.845. The number of ether oxygens (including phenoxy) is 1. The monoisotopic (exact) mass is 397 g/mol. The lowest BCUT2D eigenvalue weighted by molar-refractivity contribution is -0.120. The summed E-state index contributed by atoms with van der Waals surface area (Å²) >= 11 is 6.01. The topological polar surface area (TPSA) is 72.5 Å². The Balaban J connectivity index is 1.76. The minimum Gasteiger partial charge on any atom is -0.455 e. The summed E-state index contributed by atoms with van der Waals surface area (Å²) in [5.74, 6) is -0.500. The maximum atomic E-state index is 13.3. The van der Waals surface area contributed by atoms with Crippen LogP contribution in [-0.4, -0.2) is 25.8 Å². The molecule has 8 heteroatoms. The molecule has 5 nitrogen and oxygen atoms in total. The number of halogens is 2. The third kappa shape index (κ3) is 4.74. The molecule has 0 bridgehead atoms. The predicted molar refractivity (Wildman–Crippen MR) is 97.9 cm³/mol. The number of benzene rings is 2. The first-order chi connectivity index (χ1) is 12.3. The fourth-order valence-corrected chi connectivity index (χ4v) is 4.40. The van der Waals surface area contributed by atoms with Crippen molar-refractivity contribution in [2.24, 2.45) is 5.92 Å². The second-order valence-electron chi connectivity index (χ2n) is 6.12. The average Bonchev–Trinajstić information content (AvgIpc) is 2.57. The predicted octanol–water partition coefficient (Wildman–Crippen LogP) is 4.03. The van der Waals surface area contributed by atoms with Gasteiger partial charge in [0.25, 0.3) is 0 Å². The Kier molecular flexibility index (Phi) is 5.48. The molecule has 3 rings (SSSR count). The third-order valence-electron chi connectivity index (χ3n) is 4.15. The molecule has 2 aromatic carbocycles. The van der Waals surface area contributed by atoms with Crippen molar-refractivity contribution in [3.63, 3.8) is 0 Å². The summed E-state index contributed by atoms with van der Waals surface area (Å²) in [6.45, 7) is 0. The summed E-state index contributed by atoms with van der Waals surface area (Å²) in [5, 5.41) is 3.15. The summed E-state index contributed by atoms with van der Waals surface area (Å²) in [6, 6.07) is 10.3. The van der Waals surface area contributed by atoms with Crippen molar-refractivity contribution in [1.29, 1.82) is 0 Å². The molecule has 138 valence electrons. The van der Waals surface area contributed by atoms with E-state index in [4.69, 9.17) is 16.3 Å². The van der Waals surface area contributed by atoms with E-state index in [-0.39, 0.29) is 41.9 Å². The molecular formula is C18H17ClFNO4S. The van der Waals surface area contributed by atoms with E-state index in [0.717, 1.165) is 0 Å². The maximum Gasteiger partial charge on any atom is 0.227 e. The number of nitrogens with one attached hydrogen (secondary N) is 1. The molecule has 26 heavy (non-hydrogen) atoms. The van der Waals surface area contributed by atoms with Gasteiger partial charge in [-0.2, -0.15) is 0 Å². The highest BCUT2D eigenvalue weighted by Crippen LogP contribution is 2.33. The Labute approximate surface area is 156 Å². The van der Waals surface area contributed by atoms with Gasteiger partial charge in [-0.3, -0.25) is 4.79 Å². The molecule has 0 spiro atoms. The first kappa shape index (κ1) is 18.7. The molecule has 1 aliphatic rings. The Hall–Kier alpha value is -2.12. The van der Waals surface area contributed by atoms with Crippen LogP contribution in [0.1, 0.15) is 12.8 Å². The number of carbonyl (C=O) groups excluding carboxylic acids is 1. The second-order valence-corrected chi connectivity index (χ2v) is 8.86. The molecule has 0 aliphatic carbocycles. The molecule has 0 atom stereocenters. The SMILES string of the molecule is O=C(Nc1cc(Cl)ccc1Oc1cccc(F)c1)C1CCS(=O)(=O)CC1. The van der Waals surface area contributed by atoms with Crippen molar-refractivity contribution in [3.05, 3.63) is 53.3 Å². The van der Waals surface area contributed by atoms with Crippen LogP contribution >= 0.6 is 11.6 Å². The zero-order chi connectivity index (χ0) is 18.7. The number of sulfone groups is 1. The van der Waals surface area contributed by atoms with Gasteiger partial charge in [-0.15, -0.1) is 0 Å². The summed E-state index contributed by atoms with van der Waals surface area (Å²) in [4.78, 5) is 12.5. The second kappa shape index (κ2) is 7.63.